The third kappa shape index (κ3) is 26.4. The molecule has 3 saturated carbocycles. The predicted octanol–water partition coefficient (Wildman–Crippen LogP) is 4.76. The van der Waals surface area contributed by atoms with Crippen LogP contribution in [-0.4, -0.2) is 274 Å². The lowest BCUT2D eigenvalue weighted by molar-refractivity contribution is -0.234. The number of rotatable bonds is 49. The van der Waals surface area contributed by atoms with Gasteiger partial charge in [-0.25, -0.2) is 23.9 Å². The van der Waals surface area contributed by atoms with Gasteiger partial charge in [0.05, 0.1) is 90.4 Å². The number of amides is 10. The Kier molecular flexibility index (Phi) is 39.0. The van der Waals surface area contributed by atoms with Gasteiger partial charge in [-0.2, -0.15) is 5.11 Å². The Bertz CT molecular complexity index is 4840. The van der Waals surface area contributed by atoms with Crippen molar-refractivity contribution in [1.29, 1.82) is 5.53 Å². The van der Waals surface area contributed by atoms with Crippen molar-refractivity contribution in [2.75, 3.05) is 102 Å². The molecule has 3 aromatic carbocycles. The Morgan fingerprint density at radius 3 is 2.10 bits per heavy atom. The highest BCUT2D eigenvalue weighted by Crippen LogP contribution is 2.72. The average Bonchev–Trinajstić information content (AvgIpc) is 1.48. The zero-order valence-electron chi connectivity index (χ0n) is 77.6. The van der Waals surface area contributed by atoms with Gasteiger partial charge < -0.3 is 127 Å². The van der Waals surface area contributed by atoms with Crippen LogP contribution in [0, 0.1) is 46.0 Å². The molecule has 38 nitrogen and oxygen atoms in total. The smallest absolute Gasteiger partial charge is 0.407 e. The number of alkyl halides is 2. The summed E-state index contributed by atoms with van der Waals surface area (Å²) >= 11 is 0. The average molecular weight is 1910 g/mol. The van der Waals surface area contributed by atoms with Crippen LogP contribution < -0.4 is 58.5 Å². The number of para-hydroxylation sites is 1. The molecule has 3 heterocycles. The fourth-order valence-electron chi connectivity index (χ4n) is 19.5. The maximum absolute atomic E-state index is 18.1. The minimum absolute atomic E-state index is 0.00320. The molecule has 10 amide bonds. The van der Waals surface area contributed by atoms with Gasteiger partial charge in [0.25, 0.3) is 0 Å². The summed E-state index contributed by atoms with van der Waals surface area (Å²) in [6.07, 6.45) is -7.32. The van der Waals surface area contributed by atoms with Crippen LogP contribution in [0.3, 0.4) is 0 Å². The second-order valence-corrected chi connectivity index (χ2v) is 36.2. The van der Waals surface area contributed by atoms with E-state index in [1.165, 1.54) is 31.2 Å². The van der Waals surface area contributed by atoms with Gasteiger partial charge in [0, 0.05) is 78.2 Å². The van der Waals surface area contributed by atoms with E-state index in [0.29, 0.717) is 62.0 Å². The second-order valence-electron chi connectivity index (χ2n) is 36.2. The lowest BCUT2D eigenvalue weighted by Gasteiger charge is -2.63. The number of unbranched alkanes of at least 4 members (excludes halogenated alkanes) is 1. The molecule has 5 fully saturated rings. The van der Waals surface area contributed by atoms with Crippen LogP contribution in [-0.2, 0) is 98.9 Å². The van der Waals surface area contributed by atoms with Gasteiger partial charge in [-0.15, -0.1) is 0 Å². The van der Waals surface area contributed by atoms with Crippen LogP contribution >= 0.6 is 0 Å². The van der Waals surface area contributed by atoms with Gasteiger partial charge >= 0.3 is 12.1 Å². The molecule has 17 N–H and O–H groups in total. The Hall–Kier alpha value is -10.7. The lowest BCUT2D eigenvalue weighted by Crippen LogP contribution is -2.71. The molecule has 2 saturated heterocycles. The third-order valence-electron chi connectivity index (χ3n) is 26.7. The molecule has 0 bridgehead atoms. The number of nitrogens with zero attached hydrogens (tertiary/aromatic N) is 2. The molecule has 0 spiro atoms. The maximum atomic E-state index is 18.1. The van der Waals surface area contributed by atoms with Crippen LogP contribution in [0.4, 0.5) is 29.7 Å². The number of nitrogens with two attached hydrogens (primary N) is 1. The number of benzene rings is 3. The monoisotopic (exact) mass is 1900 g/mol. The highest BCUT2D eigenvalue weighted by molar-refractivity contribution is 6.02. The number of fused-ring (bicyclic) bond motifs is 9. The van der Waals surface area contributed by atoms with Crippen molar-refractivity contribution in [2.45, 2.75) is 254 Å². The van der Waals surface area contributed by atoms with Crippen LogP contribution in [0.2, 0.25) is 0 Å². The van der Waals surface area contributed by atoms with E-state index in [0.717, 1.165) is 29.2 Å². The topological polar surface area (TPSA) is 546 Å². The van der Waals surface area contributed by atoms with E-state index in [9.17, 15) is 78.3 Å². The Morgan fingerprint density at radius 1 is 0.706 bits per heavy atom. The van der Waals surface area contributed by atoms with Crippen molar-refractivity contribution in [3.8, 4) is 11.8 Å². The van der Waals surface area contributed by atoms with E-state index in [-0.39, 0.29) is 178 Å². The number of primary amides is 1. The molecule has 5 aliphatic carbocycles. The van der Waals surface area contributed by atoms with Gasteiger partial charge in [-0.05, 0) is 155 Å². The number of anilines is 2. The highest BCUT2D eigenvalue weighted by Gasteiger charge is 2.80. The minimum Gasteiger partial charge on any atom is -0.445 e. The van der Waals surface area contributed by atoms with E-state index in [4.69, 9.17) is 53.9 Å². The number of urea groups is 1. The zero-order valence-corrected chi connectivity index (χ0v) is 77.6. The Morgan fingerprint density at radius 2 is 1.38 bits per heavy atom. The molecule has 3 unspecified atom stereocenters. The summed E-state index contributed by atoms with van der Waals surface area (Å²) in [6, 6.07) is 16.4. The fraction of sp³-hybridized carbons (Fsp3) is 0.615. The first-order valence-corrected chi connectivity index (χ1v) is 47.0. The number of halogens is 2. The Balaban J connectivity index is 0.641. The molecule has 3 aliphatic heterocycles. The van der Waals surface area contributed by atoms with E-state index in [1.807, 2.05) is 55.5 Å². The van der Waals surface area contributed by atoms with Crippen molar-refractivity contribution >= 4 is 76.4 Å². The highest BCUT2D eigenvalue weighted by atomic mass is 19.1. The van der Waals surface area contributed by atoms with Gasteiger partial charge in [0.15, 0.2) is 35.4 Å². The number of alkyl carbamates (subject to hydrolysis) is 1. The fourth-order valence-corrected chi connectivity index (χ4v) is 19.5. The van der Waals surface area contributed by atoms with Gasteiger partial charge in [0.2, 0.25) is 41.4 Å². The number of hydrogen-bond donors (Lipinski definition) is 16. The number of allylic oxidation sites excluding steroid dienone is 5. The first-order chi connectivity index (χ1) is 65.3. The van der Waals surface area contributed by atoms with E-state index >= 15 is 8.78 Å². The number of hydrogen-bond acceptors (Lipinski definition) is 28. The normalized spacial score (nSPS) is 27.6. The number of aliphatic hydroxyl groups excluding tert-OH is 5. The van der Waals surface area contributed by atoms with Crippen molar-refractivity contribution in [1.82, 2.24) is 42.5 Å². The minimum atomic E-state index is -2.43. The summed E-state index contributed by atoms with van der Waals surface area (Å²) < 4.78 is 87.2. The summed E-state index contributed by atoms with van der Waals surface area (Å²) in [6.45, 7) is 8.26. The van der Waals surface area contributed by atoms with Crippen LogP contribution in [0.1, 0.15) is 172 Å². The number of carbonyl (C=O) groups is 11. The van der Waals surface area contributed by atoms with E-state index < -0.39 is 192 Å². The van der Waals surface area contributed by atoms with Crippen LogP contribution in [0.15, 0.2) is 113 Å². The molecule has 0 radical (unpaired) electrons. The summed E-state index contributed by atoms with van der Waals surface area (Å²) in [5.74, 6) is -1.11. The number of aliphatic hydroxyl groups is 5. The zero-order chi connectivity index (χ0) is 97.9. The molecule has 744 valence electrons. The van der Waals surface area contributed by atoms with Crippen LogP contribution in [0.5, 0.6) is 0 Å². The van der Waals surface area contributed by atoms with Crippen LogP contribution in [0.25, 0.3) is 0 Å². The quantitative estimate of drug-likeness (QED) is 0.0206. The molecule has 3 aromatic rings. The Labute approximate surface area is 788 Å². The largest absolute Gasteiger partial charge is 0.445 e. The van der Waals surface area contributed by atoms with Gasteiger partial charge in [-0.1, -0.05) is 107 Å². The number of Topliss-reactive ketones (excluding diaryl/α,β-unsaturated/α-hetero) is 1. The number of ether oxygens (including phenoxy) is 9. The summed E-state index contributed by atoms with van der Waals surface area (Å²) in [7, 11) is 0. The standard InChI is InChI=1S/C96H131F2N13O25/c1-6-17-81-135-76-50-64-65-49-67(97)66-48-63(113)34-36-93(66,4)95(65,98)74(114)51-94(64,5)96(76,136-81)75(115)52-104-92(127)133-55-58-26-30-62(31-27-58)105-87(123)70(23-16-38-103-91(99)126)107-89(125)82(57(2)3)109-88(124)69(22-14-15-37-101-79(118)56-132-72-25-9-7-8-21-68(83(72)110-100)108-90-86(122)85(121)84(120)73(54-112)134-90)106-78(117)35-40-128-42-44-130-46-47-131-45-43-129-41-39-102-77(116)32-33-80(119)111-53-61-20-11-10-18-59(61)28-29-60-19-12-13-24-71(60)111/h10-13,18-20,24,26-27,30-31,34,36,48,57,64-65,67,69-70,72-74,76,81-82,84-86,90,100,108,112,114,120-122H,6-9,14-17,21-23,25,32-33,35,37-47,49-56H2,1-5H3,(H,101,118)(H,102,116)(H,104,127)(H,105,123)(H,106,117)(H,107,125)(H,109,124)(H3,99,103,126)/b83-68-,110-100?/t64?,65-,67-,69+,70-,72?,73+,74-,76+,81?,82-,84-,85-,86+,90+,93-,94-,95-,96+/m0/s1. The molecule has 8 aliphatic rings. The lowest BCUT2D eigenvalue weighted by atomic mass is 9.44. The van der Waals surface area contributed by atoms with Crippen molar-refractivity contribution in [3.05, 3.63) is 130 Å². The van der Waals surface area contributed by atoms with E-state index in [2.05, 4.69) is 64.8 Å². The SMILES string of the molecule is CCCC1O[C@@H]2CC3[C@@H]4C[C@H](F)C5=CC(=O)C=C[C@]5(C)[C@@]4(F)[C@@H](O)C[C@]3(C)[C@]2(C(=O)CNC(=O)OCc2ccc(NC(=O)[C@H](CCCNC(N)=O)NC(=O)[C@@H](NC(=O)[C@@H](CCCCNC(=O)COC3CCCCC/C(N[C@@H]4O[C@H](CO)[C@H](O)[C@H](O)[C@H]4O)=C\3N=N)NC(=O)CCOCCOCCOCCOCCNC(=O)CCC(=O)N3Cc4ccccc4C#Cc4ccccc43)C(C)C)cc2)O1. The predicted molar refractivity (Wildman–Crippen MR) is 486 cm³/mol. The van der Waals surface area contributed by atoms with Gasteiger partial charge in [0.1, 0.15) is 73.7 Å². The third-order valence-corrected chi connectivity index (χ3v) is 26.7. The molecular weight excluding hydrogens is 1770 g/mol. The number of ketones is 2. The molecule has 11 rings (SSSR count). The first kappa shape index (κ1) is 106. The maximum Gasteiger partial charge on any atom is 0.407 e. The molecular formula is C96H131F2N13O25. The number of carbonyl (C=O) groups excluding carboxylic acids is 11. The van der Waals surface area contributed by atoms with Crippen molar-refractivity contribution in [3.63, 3.8) is 0 Å². The molecule has 136 heavy (non-hydrogen) atoms. The van der Waals surface area contributed by atoms with Crippen molar-refractivity contribution in [2.24, 2.45) is 39.4 Å². The van der Waals surface area contributed by atoms with Gasteiger partial charge in [-0.3, -0.25) is 43.2 Å². The molecule has 19 atom stereocenters. The summed E-state index contributed by atoms with van der Waals surface area (Å²) in [5, 5.41) is 81.7. The summed E-state index contributed by atoms with van der Waals surface area (Å²) in [4.78, 5) is 151. The van der Waals surface area contributed by atoms with E-state index in [1.54, 1.807) is 37.8 Å². The van der Waals surface area contributed by atoms with Crippen molar-refractivity contribution < 1.29 is 130 Å². The first-order valence-electron chi connectivity index (χ1n) is 47.0. The molecule has 40 heteroatoms. The number of nitrogens with one attached hydrogen (secondary N) is 10. The summed E-state index contributed by atoms with van der Waals surface area (Å²) in [5.41, 5.74) is 10.5. The molecule has 0 aromatic heterocycles. The second kappa shape index (κ2) is 50.1.